The fraction of sp³-hybridized carbons (Fsp3) is 0. The topological polar surface area (TPSA) is 43.4 Å². The predicted octanol–water partition coefficient (Wildman–Crippen LogP) is 3.57. The average molecular weight is 238 g/mol. The molecule has 0 bridgehead atoms. The summed E-state index contributed by atoms with van der Waals surface area (Å²) in [5.74, 6) is 0.242. The molecule has 1 aromatic heterocycles. The lowest BCUT2D eigenvalue weighted by Crippen LogP contribution is -1.85. The molecule has 0 radical (unpaired) electrons. The van der Waals surface area contributed by atoms with Crippen molar-refractivity contribution in [2.45, 2.75) is 0 Å². The van der Waals surface area contributed by atoms with Crippen LogP contribution in [0.15, 0.2) is 74.3 Å². The maximum Gasteiger partial charge on any atom is 0.519 e. The second-order valence-electron chi connectivity index (χ2n) is 3.84. The smallest absolute Gasteiger partial charge is 0.390 e. The molecule has 3 rings (SSSR count). The first-order valence-corrected chi connectivity index (χ1v) is 5.59. The Hall–Kier alpha value is -2.55. The van der Waals surface area contributed by atoms with Gasteiger partial charge in [0.15, 0.2) is 11.5 Å². The normalized spacial score (nSPS) is 10.4. The second kappa shape index (κ2) is 4.37. The third-order valence-corrected chi connectivity index (χ3v) is 2.65. The molecule has 3 nitrogen and oxygen atoms in total. The fourth-order valence-electron chi connectivity index (χ4n) is 1.84. The third kappa shape index (κ3) is 1.86. The summed E-state index contributed by atoms with van der Waals surface area (Å²) in [5, 5.41) is 0. The Morgan fingerprint density at radius 2 is 1.00 bits per heavy atom. The first-order chi connectivity index (χ1) is 8.84. The van der Waals surface area contributed by atoms with Gasteiger partial charge in [0.05, 0.1) is 0 Å². The Balaban J connectivity index is 2.21. The highest BCUT2D eigenvalue weighted by Gasteiger charge is 2.16. The quantitative estimate of drug-likeness (QED) is 0.685. The van der Waals surface area contributed by atoms with Crippen molar-refractivity contribution in [1.29, 1.82) is 0 Å². The molecule has 0 atom stereocenters. The molecule has 0 aliphatic heterocycles. The van der Waals surface area contributed by atoms with E-state index in [4.69, 9.17) is 8.83 Å². The van der Waals surface area contributed by atoms with Crippen LogP contribution >= 0.6 is 0 Å². The van der Waals surface area contributed by atoms with Gasteiger partial charge in [0.25, 0.3) is 0 Å². The lowest BCUT2D eigenvalue weighted by molar-refractivity contribution is 0.393. The molecule has 18 heavy (non-hydrogen) atoms. The molecule has 0 spiro atoms. The zero-order valence-electron chi connectivity index (χ0n) is 9.50. The summed E-state index contributed by atoms with van der Waals surface area (Å²) in [4.78, 5) is 11.3. The maximum atomic E-state index is 11.3. The van der Waals surface area contributed by atoms with Gasteiger partial charge in [-0.2, -0.15) is 0 Å². The standard InChI is InChI=1S/C15H10O3/c16-15-17-13(11-7-3-1-4-8-11)14(18-15)12-9-5-2-6-10-12/h1-10H. The van der Waals surface area contributed by atoms with E-state index in [0.717, 1.165) is 11.1 Å². The Kier molecular flexibility index (Phi) is 2.57. The molecule has 0 N–H and O–H groups in total. The van der Waals surface area contributed by atoms with E-state index in [1.165, 1.54) is 0 Å². The monoisotopic (exact) mass is 238 g/mol. The number of hydrogen-bond donors (Lipinski definition) is 0. The molecule has 0 aliphatic rings. The maximum absolute atomic E-state index is 11.3. The lowest BCUT2D eigenvalue weighted by Gasteiger charge is -1.99. The van der Waals surface area contributed by atoms with E-state index in [1.54, 1.807) is 0 Å². The summed E-state index contributed by atoms with van der Waals surface area (Å²) in [6.07, 6.45) is 0. The minimum absolute atomic E-state index is 0.465. The predicted molar refractivity (Wildman–Crippen MR) is 68.1 cm³/mol. The highest BCUT2D eigenvalue weighted by Crippen LogP contribution is 2.30. The van der Waals surface area contributed by atoms with Crippen molar-refractivity contribution in [1.82, 2.24) is 0 Å². The highest BCUT2D eigenvalue weighted by atomic mass is 16.6. The molecule has 3 heteroatoms. The summed E-state index contributed by atoms with van der Waals surface area (Å²) < 4.78 is 10.3. The fourth-order valence-corrected chi connectivity index (χ4v) is 1.84. The molecule has 0 saturated heterocycles. The molecule has 88 valence electrons. The molecule has 0 fully saturated rings. The van der Waals surface area contributed by atoms with Crippen molar-refractivity contribution in [3.8, 4) is 22.6 Å². The van der Waals surface area contributed by atoms with Crippen LogP contribution in [0.3, 0.4) is 0 Å². The first-order valence-electron chi connectivity index (χ1n) is 5.59. The van der Waals surface area contributed by atoms with Crippen molar-refractivity contribution in [2.75, 3.05) is 0 Å². The molecular formula is C15H10O3. The summed E-state index contributed by atoms with van der Waals surface area (Å²) in [6, 6.07) is 18.9. The van der Waals surface area contributed by atoms with Crippen molar-refractivity contribution in [2.24, 2.45) is 0 Å². The van der Waals surface area contributed by atoms with Crippen molar-refractivity contribution in [3.63, 3.8) is 0 Å². The molecule has 2 aromatic carbocycles. The van der Waals surface area contributed by atoms with Gasteiger partial charge in [0, 0.05) is 11.1 Å². The van der Waals surface area contributed by atoms with Gasteiger partial charge in [0.1, 0.15) is 0 Å². The Morgan fingerprint density at radius 3 is 1.39 bits per heavy atom. The average Bonchev–Trinajstić information content (AvgIpc) is 2.83. The van der Waals surface area contributed by atoms with Crippen LogP contribution in [0, 0.1) is 0 Å². The summed E-state index contributed by atoms with van der Waals surface area (Å²) in [6.45, 7) is 0. The van der Waals surface area contributed by atoms with Gasteiger partial charge in [0.2, 0.25) is 0 Å². The van der Waals surface area contributed by atoms with Crippen LogP contribution in [0.5, 0.6) is 0 Å². The molecule has 0 saturated carbocycles. The van der Waals surface area contributed by atoms with Crippen LogP contribution in [0.1, 0.15) is 0 Å². The van der Waals surface area contributed by atoms with Crippen molar-refractivity contribution < 1.29 is 8.83 Å². The van der Waals surface area contributed by atoms with Gasteiger partial charge >= 0.3 is 5.82 Å². The molecule has 0 unspecified atom stereocenters. The van der Waals surface area contributed by atoms with Crippen LogP contribution < -0.4 is 5.82 Å². The zero-order valence-corrected chi connectivity index (χ0v) is 9.50. The van der Waals surface area contributed by atoms with Crippen LogP contribution in [-0.2, 0) is 0 Å². The van der Waals surface area contributed by atoms with Crippen LogP contribution in [0.25, 0.3) is 22.6 Å². The molecular weight excluding hydrogens is 228 g/mol. The van der Waals surface area contributed by atoms with Crippen LogP contribution in [-0.4, -0.2) is 0 Å². The van der Waals surface area contributed by atoms with E-state index < -0.39 is 5.82 Å². The van der Waals surface area contributed by atoms with E-state index >= 15 is 0 Å². The highest BCUT2D eigenvalue weighted by molar-refractivity contribution is 5.74. The number of rotatable bonds is 2. The van der Waals surface area contributed by atoms with Gasteiger partial charge in [-0.1, -0.05) is 60.7 Å². The van der Waals surface area contributed by atoms with Gasteiger partial charge in [-0.05, 0) is 0 Å². The van der Waals surface area contributed by atoms with E-state index in [2.05, 4.69) is 0 Å². The van der Waals surface area contributed by atoms with Crippen LogP contribution in [0.2, 0.25) is 0 Å². The zero-order chi connectivity index (χ0) is 12.4. The molecule has 0 amide bonds. The number of hydrogen-bond acceptors (Lipinski definition) is 3. The SMILES string of the molecule is O=c1oc(-c2ccccc2)c(-c2ccccc2)o1. The van der Waals surface area contributed by atoms with Gasteiger partial charge < -0.3 is 8.83 Å². The van der Waals surface area contributed by atoms with E-state index in [1.807, 2.05) is 60.7 Å². The molecule has 1 heterocycles. The summed E-state index contributed by atoms with van der Waals surface area (Å²) in [5.41, 5.74) is 1.64. The largest absolute Gasteiger partial charge is 0.519 e. The van der Waals surface area contributed by atoms with Crippen molar-refractivity contribution >= 4 is 0 Å². The van der Waals surface area contributed by atoms with E-state index in [0.29, 0.717) is 11.5 Å². The van der Waals surface area contributed by atoms with Gasteiger partial charge in [-0.15, -0.1) is 0 Å². The minimum atomic E-state index is -0.687. The Bertz CT molecular complexity index is 633. The summed E-state index contributed by atoms with van der Waals surface area (Å²) in [7, 11) is 0. The third-order valence-electron chi connectivity index (χ3n) is 2.65. The van der Waals surface area contributed by atoms with E-state index in [9.17, 15) is 4.79 Å². The van der Waals surface area contributed by atoms with E-state index in [-0.39, 0.29) is 0 Å². The van der Waals surface area contributed by atoms with Gasteiger partial charge in [-0.3, -0.25) is 0 Å². The first kappa shape index (κ1) is 10.6. The molecule has 3 aromatic rings. The van der Waals surface area contributed by atoms with Crippen molar-refractivity contribution in [3.05, 3.63) is 71.3 Å². The minimum Gasteiger partial charge on any atom is -0.390 e. The summed E-state index contributed by atoms with van der Waals surface area (Å²) >= 11 is 0. The lowest BCUT2D eigenvalue weighted by atomic mass is 10.1. The Morgan fingerprint density at radius 1 is 0.611 bits per heavy atom. The van der Waals surface area contributed by atoms with Gasteiger partial charge in [-0.25, -0.2) is 4.79 Å². The molecule has 0 aliphatic carbocycles. The van der Waals surface area contributed by atoms with Crippen LogP contribution in [0.4, 0.5) is 0 Å². The second-order valence-corrected chi connectivity index (χ2v) is 3.84. The number of benzene rings is 2. The Labute approximate surface area is 103 Å².